The Kier molecular flexibility index (Phi) is 1.47. The summed E-state index contributed by atoms with van der Waals surface area (Å²) in [5.41, 5.74) is 1.38. The highest BCUT2D eigenvalue weighted by atomic mass is 14.9. The van der Waals surface area contributed by atoms with Crippen molar-refractivity contribution in [3.8, 4) is 0 Å². The Hall–Kier alpha value is -0.760. The fourth-order valence-electron chi connectivity index (χ4n) is 1.52. The third kappa shape index (κ3) is 0.948. The van der Waals surface area contributed by atoms with Crippen LogP contribution in [0.5, 0.6) is 0 Å². The van der Waals surface area contributed by atoms with Crippen molar-refractivity contribution in [3.05, 3.63) is 24.0 Å². The van der Waals surface area contributed by atoms with E-state index in [1.807, 2.05) is 6.20 Å². The average Bonchev–Trinajstić information content (AvgIpc) is 2.59. The molecular formula is C8H12N2. The van der Waals surface area contributed by atoms with Gasteiger partial charge in [0.2, 0.25) is 0 Å². The van der Waals surface area contributed by atoms with E-state index in [-0.39, 0.29) is 0 Å². The summed E-state index contributed by atoms with van der Waals surface area (Å²) in [4.78, 5) is 3.24. The molecule has 1 aliphatic heterocycles. The Morgan fingerprint density at radius 3 is 3.10 bits per heavy atom. The SMILES string of the molecule is c1c[nH]c(C2CCNC2)c1. The van der Waals surface area contributed by atoms with Crippen LogP contribution >= 0.6 is 0 Å². The molecule has 1 aromatic heterocycles. The maximum atomic E-state index is 3.34. The second-order valence-electron chi connectivity index (χ2n) is 2.82. The van der Waals surface area contributed by atoms with E-state index in [9.17, 15) is 0 Å². The van der Waals surface area contributed by atoms with Crippen molar-refractivity contribution in [1.82, 2.24) is 10.3 Å². The van der Waals surface area contributed by atoms with Gasteiger partial charge in [0.25, 0.3) is 0 Å². The standard InChI is InChI=1S/C8H12N2/c1-2-8(10-4-1)7-3-5-9-6-7/h1-2,4,7,9-10H,3,5-6H2. The first-order chi connectivity index (χ1) is 4.97. The summed E-state index contributed by atoms with van der Waals surface area (Å²) >= 11 is 0. The minimum absolute atomic E-state index is 0.731. The van der Waals surface area contributed by atoms with E-state index in [0.717, 1.165) is 12.5 Å². The fourth-order valence-corrected chi connectivity index (χ4v) is 1.52. The number of hydrogen-bond acceptors (Lipinski definition) is 1. The number of aromatic amines is 1. The Morgan fingerprint density at radius 1 is 1.50 bits per heavy atom. The van der Waals surface area contributed by atoms with Crippen molar-refractivity contribution in [3.63, 3.8) is 0 Å². The third-order valence-electron chi connectivity index (χ3n) is 2.12. The van der Waals surface area contributed by atoms with Gasteiger partial charge in [0.1, 0.15) is 0 Å². The van der Waals surface area contributed by atoms with Crippen molar-refractivity contribution >= 4 is 0 Å². The minimum atomic E-state index is 0.731. The highest BCUT2D eigenvalue weighted by Crippen LogP contribution is 2.19. The van der Waals surface area contributed by atoms with Crippen LogP contribution in [0, 0.1) is 0 Å². The molecule has 54 valence electrons. The van der Waals surface area contributed by atoms with Crippen LogP contribution in [0.4, 0.5) is 0 Å². The molecule has 0 saturated carbocycles. The first-order valence-electron chi connectivity index (χ1n) is 3.81. The van der Waals surface area contributed by atoms with Gasteiger partial charge >= 0.3 is 0 Å². The van der Waals surface area contributed by atoms with Crippen molar-refractivity contribution in [2.75, 3.05) is 13.1 Å². The van der Waals surface area contributed by atoms with Gasteiger partial charge < -0.3 is 10.3 Å². The smallest absolute Gasteiger partial charge is 0.0191 e. The van der Waals surface area contributed by atoms with Crippen LogP contribution in [0.3, 0.4) is 0 Å². The summed E-state index contributed by atoms with van der Waals surface area (Å²) in [5.74, 6) is 0.731. The number of rotatable bonds is 1. The third-order valence-corrected chi connectivity index (χ3v) is 2.12. The quantitative estimate of drug-likeness (QED) is 0.594. The maximum absolute atomic E-state index is 3.34. The number of aromatic nitrogens is 1. The lowest BCUT2D eigenvalue weighted by atomic mass is 10.1. The summed E-state index contributed by atoms with van der Waals surface area (Å²) in [7, 11) is 0. The molecule has 1 aromatic rings. The monoisotopic (exact) mass is 136 g/mol. The molecule has 2 heterocycles. The molecule has 0 bridgehead atoms. The topological polar surface area (TPSA) is 27.8 Å². The molecule has 2 heteroatoms. The van der Waals surface area contributed by atoms with E-state index in [1.54, 1.807) is 0 Å². The fraction of sp³-hybridized carbons (Fsp3) is 0.500. The lowest BCUT2D eigenvalue weighted by Gasteiger charge is -2.03. The first kappa shape index (κ1) is 5.98. The molecule has 1 fully saturated rings. The van der Waals surface area contributed by atoms with Crippen molar-refractivity contribution in [2.45, 2.75) is 12.3 Å². The maximum Gasteiger partial charge on any atom is 0.0191 e. The molecule has 2 rings (SSSR count). The Labute approximate surface area is 60.6 Å². The van der Waals surface area contributed by atoms with E-state index in [0.29, 0.717) is 0 Å². The van der Waals surface area contributed by atoms with Crippen molar-refractivity contribution in [2.24, 2.45) is 0 Å². The minimum Gasteiger partial charge on any atom is -0.365 e. The van der Waals surface area contributed by atoms with E-state index in [2.05, 4.69) is 22.4 Å². The lowest BCUT2D eigenvalue weighted by Crippen LogP contribution is -2.07. The largest absolute Gasteiger partial charge is 0.365 e. The van der Waals surface area contributed by atoms with Crippen LogP contribution < -0.4 is 5.32 Å². The van der Waals surface area contributed by atoms with Gasteiger partial charge in [-0.25, -0.2) is 0 Å². The van der Waals surface area contributed by atoms with Crippen LogP contribution in [-0.4, -0.2) is 18.1 Å². The second-order valence-corrected chi connectivity index (χ2v) is 2.82. The zero-order chi connectivity index (χ0) is 6.81. The van der Waals surface area contributed by atoms with Crippen LogP contribution in [0.2, 0.25) is 0 Å². The normalized spacial score (nSPS) is 25.4. The van der Waals surface area contributed by atoms with E-state index < -0.39 is 0 Å². The molecular weight excluding hydrogens is 124 g/mol. The summed E-state index contributed by atoms with van der Waals surface area (Å²) in [6.07, 6.45) is 3.27. The number of hydrogen-bond donors (Lipinski definition) is 2. The van der Waals surface area contributed by atoms with E-state index in [4.69, 9.17) is 0 Å². The van der Waals surface area contributed by atoms with Gasteiger partial charge in [0.05, 0.1) is 0 Å². The predicted octanol–water partition coefficient (Wildman–Crippen LogP) is 1.09. The summed E-state index contributed by atoms with van der Waals surface area (Å²) in [6.45, 7) is 2.31. The van der Waals surface area contributed by atoms with Crippen LogP contribution in [0.15, 0.2) is 18.3 Å². The number of H-pyrrole nitrogens is 1. The highest BCUT2D eigenvalue weighted by molar-refractivity contribution is 5.11. The average molecular weight is 136 g/mol. The van der Waals surface area contributed by atoms with Crippen LogP contribution in [0.25, 0.3) is 0 Å². The molecule has 1 unspecified atom stereocenters. The van der Waals surface area contributed by atoms with E-state index in [1.165, 1.54) is 18.7 Å². The summed E-state index contributed by atoms with van der Waals surface area (Å²) < 4.78 is 0. The zero-order valence-electron chi connectivity index (χ0n) is 5.93. The van der Waals surface area contributed by atoms with Gasteiger partial charge in [0, 0.05) is 24.4 Å². The molecule has 2 N–H and O–H groups in total. The van der Waals surface area contributed by atoms with Crippen molar-refractivity contribution in [1.29, 1.82) is 0 Å². The van der Waals surface area contributed by atoms with Gasteiger partial charge in [-0.1, -0.05) is 0 Å². The van der Waals surface area contributed by atoms with Gasteiger partial charge in [-0.2, -0.15) is 0 Å². The molecule has 2 nitrogen and oxygen atoms in total. The lowest BCUT2D eigenvalue weighted by molar-refractivity contribution is 0.741. The molecule has 0 amide bonds. The van der Waals surface area contributed by atoms with Crippen LogP contribution in [-0.2, 0) is 0 Å². The Bertz CT molecular complexity index is 185. The molecule has 0 aromatic carbocycles. The van der Waals surface area contributed by atoms with Crippen molar-refractivity contribution < 1.29 is 0 Å². The van der Waals surface area contributed by atoms with Gasteiger partial charge in [-0.05, 0) is 25.1 Å². The highest BCUT2D eigenvalue weighted by Gasteiger charge is 2.16. The van der Waals surface area contributed by atoms with Gasteiger partial charge in [-0.3, -0.25) is 0 Å². The zero-order valence-corrected chi connectivity index (χ0v) is 5.93. The molecule has 0 radical (unpaired) electrons. The molecule has 1 saturated heterocycles. The molecule has 10 heavy (non-hydrogen) atoms. The van der Waals surface area contributed by atoms with Crippen LogP contribution in [0.1, 0.15) is 18.0 Å². The summed E-state index contributed by atoms with van der Waals surface area (Å²) in [5, 5.41) is 3.34. The second kappa shape index (κ2) is 2.46. The molecule has 0 aliphatic carbocycles. The molecule has 1 atom stereocenters. The predicted molar refractivity (Wildman–Crippen MR) is 41.0 cm³/mol. The first-order valence-corrected chi connectivity index (χ1v) is 3.81. The molecule has 1 aliphatic rings. The summed E-state index contributed by atoms with van der Waals surface area (Å²) in [6, 6.07) is 4.23. The Morgan fingerprint density at radius 2 is 2.50 bits per heavy atom. The number of nitrogens with one attached hydrogen (secondary N) is 2. The van der Waals surface area contributed by atoms with E-state index >= 15 is 0 Å². The Balaban J connectivity index is 2.12. The van der Waals surface area contributed by atoms with Gasteiger partial charge in [0.15, 0.2) is 0 Å². The molecule has 0 spiro atoms. The van der Waals surface area contributed by atoms with Gasteiger partial charge in [-0.15, -0.1) is 0 Å².